The van der Waals surface area contributed by atoms with Crippen LogP contribution in [-0.4, -0.2) is 30.2 Å². The van der Waals surface area contributed by atoms with E-state index in [1.807, 2.05) is 41.8 Å². The summed E-state index contributed by atoms with van der Waals surface area (Å²) in [7, 11) is 1.67. The molecule has 0 saturated carbocycles. The van der Waals surface area contributed by atoms with E-state index in [4.69, 9.17) is 4.74 Å². The average molecular weight is 341 g/mol. The minimum absolute atomic E-state index is 0.137. The molecule has 1 aliphatic rings. The van der Waals surface area contributed by atoms with E-state index >= 15 is 0 Å². The molecular formula is C20H23NO2S. The highest BCUT2D eigenvalue weighted by Crippen LogP contribution is 2.38. The smallest absolute Gasteiger partial charge is 0.228 e. The highest BCUT2D eigenvalue weighted by molar-refractivity contribution is 7.99. The highest BCUT2D eigenvalue weighted by atomic mass is 32.2. The van der Waals surface area contributed by atoms with Crippen molar-refractivity contribution in [2.75, 3.05) is 19.4 Å². The van der Waals surface area contributed by atoms with Crippen molar-refractivity contribution in [3.8, 4) is 5.75 Å². The van der Waals surface area contributed by atoms with Crippen molar-refractivity contribution in [2.45, 2.75) is 25.6 Å². The molecule has 1 amide bonds. The minimum Gasteiger partial charge on any atom is -0.496 e. The van der Waals surface area contributed by atoms with Crippen molar-refractivity contribution in [2.24, 2.45) is 0 Å². The maximum Gasteiger partial charge on any atom is 0.228 e. The lowest BCUT2D eigenvalue weighted by molar-refractivity contribution is -0.130. The highest BCUT2D eigenvalue weighted by Gasteiger charge is 2.30. The lowest BCUT2D eigenvalue weighted by Gasteiger charge is -2.24. The van der Waals surface area contributed by atoms with Crippen LogP contribution < -0.4 is 4.74 Å². The Kier molecular flexibility index (Phi) is 5.14. The van der Waals surface area contributed by atoms with E-state index in [-0.39, 0.29) is 11.3 Å². The lowest BCUT2D eigenvalue weighted by atomic mass is 10.1. The Morgan fingerprint density at radius 2 is 1.96 bits per heavy atom. The van der Waals surface area contributed by atoms with E-state index in [0.717, 1.165) is 29.2 Å². The summed E-state index contributed by atoms with van der Waals surface area (Å²) in [4.78, 5) is 14.8. The van der Waals surface area contributed by atoms with Gasteiger partial charge in [-0.1, -0.05) is 42.0 Å². The number of carbonyl (C=O) groups excluding carboxylic acids is 1. The number of benzene rings is 2. The molecule has 0 aliphatic carbocycles. The van der Waals surface area contributed by atoms with Crippen LogP contribution in [0.15, 0.2) is 42.5 Å². The van der Waals surface area contributed by atoms with Gasteiger partial charge in [0.1, 0.15) is 11.1 Å². The summed E-state index contributed by atoms with van der Waals surface area (Å²) in [6, 6.07) is 14.5. The molecule has 3 rings (SSSR count). The summed E-state index contributed by atoms with van der Waals surface area (Å²) < 4.78 is 5.29. The number of thioether (sulfide) groups is 1. The van der Waals surface area contributed by atoms with Crippen molar-refractivity contribution in [1.29, 1.82) is 0 Å². The number of rotatable bonds is 4. The Bertz CT molecular complexity index is 727. The number of hydrogen-bond acceptors (Lipinski definition) is 3. The molecule has 0 aromatic heterocycles. The van der Waals surface area contributed by atoms with Crippen molar-refractivity contribution >= 4 is 17.7 Å². The summed E-state index contributed by atoms with van der Waals surface area (Å²) in [5.41, 5.74) is 4.56. The van der Waals surface area contributed by atoms with Crippen molar-refractivity contribution in [3.63, 3.8) is 0 Å². The van der Waals surface area contributed by atoms with E-state index < -0.39 is 0 Å². The SMILES string of the molecule is COc1ccc(CC(=O)N2CCSC2c2ccc(C)cc2)cc1C. The van der Waals surface area contributed by atoms with Crippen LogP contribution in [-0.2, 0) is 11.2 Å². The molecule has 1 heterocycles. The van der Waals surface area contributed by atoms with Gasteiger partial charge >= 0.3 is 0 Å². The first-order valence-electron chi connectivity index (χ1n) is 8.19. The summed E-state index contributed by atoms with van der Waals surface area (Å²) in [6.07, 6.45) is 0.438. The maximum atomic E-state index is 12.8. The second-order valence-electron chi connectivity index (χ2n) is 6.20. The fourth-order valence-electron chi connectivity index (χ4n) is 3.06. The monoisotopic (exact) mass is 341 g/mol. The van der Waals surface area contributed by atoms with Crippen LogP contribution in [0.25, 0.3) is 0 Å². The van der Waals surface area contributed by atoms with Gasteiger partial charge in [-0.15, -0.1) is 11.8 Å². The second kappa shape index (κ2) is 7.31. The van der Waals surface area contributed by atoms with Crippen LogP contribution in [0.2, 0.25) is 0 Å². The molecular weight excluding hydrogens is 318 g/mol. The first-order valence-corrected chi connectivity index (χ1v) is 9.24. The third-order valence-electron chi connectivity index (χ3n) is 4.39. The van der Waals surface area contributed by atoms with Crippen LogP contribution in [0.5, 0.6) is 5.75 Å². The molecule has 0 spiro atoms. The molecule has 1 atom stereocenters. The maximum absolute atomic E-state index is 12.8. The number of aryl methyl sites for hydroxylation is 2. The van der Waals surface area contributed by atoms with Gasteiger partial charge in [-0.05, 0) is 36.6 Å². The topological polar surface area (TPSA) is 29.5 Å². The van der Waals surface area contributed by atoms with Gasteiger partial charge in [-0.25, -0.2) is 0 Å². The fraction of sp³-hybridized carbons (Fsp3) is 0.350. The number of methoxy groups -OCH3 is 1. The zero-order valence-electron chi connectivity index (χ0n) is 14.4. The molecule has 4 heteroatoms. The van der Waals surface area contributed by atoms with Crippen molar-refractivity contribution in [3.05, 3.63) is 64.7 Å². The zero-order valence-corrected chi connectivity index (χ0v) is 15.2. The molecule has 1 aliphatic heterocycles. The predicted molar refractivity (Wildman–Crippen MR) is 99.5 cm³/mol. The molecule has 0 radical (unpaired) electrons. The molecule has 1 fully saturated rings. The molecule has 2 aromatic rings. The summed E-state index contributed by atoms with van der Waals surface area (Å²) in [5, 5.41) is 0.137. The van der Waals surface area contributed by atoms with Crippen LogP contribution in [0.3, 0.4) is 0 Å². The first-order chi connectivity index (χ1) is 11.6. The van der Waals surface area contributed by atoms with E-state index in [9.17, 15) is 4.79 Å². The third-order valence-corrected chi connectivity index (χ3v) is 5.65. The molecule has 24 heavy (non-hydrogen) atoms. The van der Waals surface area contributed by atoms with Gasteiger partial charge in [-0.3, -0.25) is 4.79 Å². The van der Waals surface area contributed by atoms with Crippen LogP contribution in [0.1, 0.15) is 27.6 Å². The number of ether oxygens (including phenoxy) is 1. The van der Waals surface area contributed by atoms with Gasteiger partial charge in [0.15, 0.2) is 0 Å². The number of nitrogens with zero attached hydrogens (tertiary/aromatic N) is 1. The van der Waals surface area contributed by atoms with Gasteiger partial charge in [-0.2, -0.15) is 0 Å². The van der Waals surface area contributed by atoms with Gasteiger partial charge in [0.05, 0.1) is 13.5 Å². The fourth-order valence-corrected chi connectivity index (χ4v) is 4.34. The van der Waals surface area contributed by atoms with Gasteiger partial charge in [0.25, 0.3) is 0 Å². The van der Waals surface area contributed by atoms with E-state index in [2.05, 4.69) is 31.2 Å². The quantitative estimate of drug-likeness (QED) is 0.837. The van der Waals surface area contributed by atoms with Gasteiger partial charge in [0, 0.05) is 12.3 Å². The molecule has 2 aromatic carbocycles. The molecule has 1 saturated heterocycles. The number of hydrogen-bond donors (Lipinski definition) is 0. The van der Waals surface area contributed by atoms with E-state index in [0.29, 0.717) is 6.42 Å². The van der Waals surface area contributed by atoms with E-state index in [1.54, 1.807) is 7.11 Å². The molecule has 0 bridgehead atoms. The van der Waals surface area contributed by atoms with Crippen LogP contribution in [0.4, 0.5) is 0 Å². The van der Waals surface area contributed by atoms with Crippen molar-refractivity contribution < 1.29 is 9.53 Å². The summed E-state index contributed by atoms with van der Waals surface area (Å²) >= 11 is 1.84. The van der Waals surface area contributed by atoms with Crippen LogP contribution in [0, 0.1) is 13.8 Å². The summed E-state index contributed by atoms with van der Waals surface area (Å²) in [5.74, 6) is 2.04. The van der Waals surface area contributed by atoms with E-state index in [1.165, 1.54) is 11.1 Å². The Morgan fingerprint density at radius 1 is 1.21 bits per heavy atom. The largest absolute Gasteiger partial charge is 0.496 e. The average Bonchev–Trinajstić information content (AvgIpc) is 3.05. The Balaban J connectivity index is 1.74. The molecule has 1 unspecified atom stereocenters. The molecule has 126 valence electrons. The van der Waals surface area contributed by atoms with Gasteiger partial charge < -0.3 is 9.64 Å². The third kappa shape index (κ3) is 3.59. The molecule has 3 nitrogen and oxygen atoms in total. The second-order valence-corrected chi connectivity index (χ2v) is 7.39. The van der Waals surface area contributed by atoms with Gasteiger partial charge in [0.2, 0.25) is 5.91 Å². The Labute approximate surface area is 148 Å². The lowest BCUT2D eigenvalue weighted by Crippen LogP contribution is -2.31. The first kappa shape index (κ1) is 16.9. The van der Waals surface area contributed by atoms with Crippen LogP contribution >= 0.6 is 11.8 Å². The number of amides is 1. The Hall–Kier alpha value is -1.94. The molecule has 0 N–H and O–H groups in total. The predicted octanol–water partition coefficient (Wildman–Crippen LogP) is 4.13. The number of carbonyl (C=O) groups is 1. The minimum atomic E-state index is 0.137. The summed E-state index contributed by atoms with van der Waals surface area (Å²) in [6.45, 7) is 4.91. The van der Waals surface area contributed by atoms with Crippen molar-refractivity contribution in [1.82, 2.24) is 4.90 Å². The zero-order chi connectivity index (χ0) is 17.1. The normalized spacial score (nSPS) is 17.1. The standard InChI is InChI=1S/C20H23NO2S/c1-14-4-7-17(8-5-14)20-21(10-11-24-20)19(22)13-16-6-9-18(23-3)15(2)12-16/h4-9,12,20H,10-11,13H2,1-3H3. The Morgan fingerprint density at radius 3 is 2.62 bits per heavy atom.